The molecule has 0 bridgehead atoms. The van der Waals surface area contributed by atoms with Crippen molar-refractivity contribution < 1.29 is 9.53 Å². The number of carbonyl (C=O) groups excluding carboxylic acids is 1. The highest BCUT2D eigenvalue weighted by atomic mass is 32.2. The zero-order valence-electron chi connectivity index (χ0n) is 15.3. The van der Waals surface area contributed by atoms with E-state index in [1.54, 1.807) is 26.8 Å². The quantitative estimate of drug-likeness (QED) is 0.484. The fraction of sp³-hybridized carbons (Fsp3) is 0.316. The first-order valence-electron chi connectivity index (χ1n) is 7.94. The number of aryl methyl sites for hydroxylation is 3. The van der Waals surface area contributed by atoms with Crippen molar-refractivity contribution in [1.82, 2.24) is 4.98 Å². The lowest BCUT2D eigenvalue weighted by molar-refractivity contribution is 0.0524. The smallest absolute Gasteiger partial charge is 0.340 e. The number of rotatable bonds is 4. The zero-order valence-corrected chi connectivity index (χ0v) is 16.2. The Morgan fingerprint density at radius 3 is 2.28 bits per heavy atom. The molecule has 6 heteroatoms. The number of nitrogens with zero attached hydrogens (tertiary/aromatic N) is 1. The van der Waals surface area contributed by atoms with Gasteiger partial charge in [-0.2, -0.15) is 0 Å². The van der Waals surface area contributed by atoms with Crippen molar-refractivity contribution in [3.05, 3.63) is 58.4 Å². The summed E-state index contributed by atoms with van der Waals surface area (Å²) in [6.07, 6.45) is 0. The van der Waals surface area contributed by atoms with Crippen molar-refractivity contribution in [1.29, 1.82) is 5.41 Å². The van der Waals surface area contributed by atoms with E-state index in [1.807, 2.05) is 19.1 Å². The number of nitrogens with two attached hydrogens (primary N) is 1. The molecular formula is C19H25N3O2S. The van der Waals surface area contributed by atoms with Crippen LogP contribution in [0, 0.1) is 26.2 Å². The van der Waals surface area contributed by atoms with Crippen LogP contribution in [-0.2, 0) is 4.74 Å². The minimum atomic E-state index is -0.348. The third-order valence-electron chi connectivity index (χ3n) is 3.42. The molecule has 5 nitrogen and oxygen atoms in total. The number of benzene rings is 1. The molecule has 2 rings (SSSR count). The summed E-state index contributed by atoms with van der Waals surface area (Å²) in [4.78, 5) is 17.0. The Morgan fingerprint density at radius 2 is 1.84 bits per heavy atom. The van der Waals surface area contributed by atoms with Gasteiger partial charge < -0.3 is 10.1 Å². The normalized spacial score (nSPS) is 9.84. The highest BCUT2D eigenvalue weighted by Gasteiger charge is 2.15. The van der Waals surface area contributed by atoms with Crippen LogP contribution in [0.4, 0.5) is 0 Å². The van der Waals surface area contributed by atoms with E-state index >= 15 is 0 Å². The molecule has 0 aliphatic carbocycles. The van der Waals surface area contributed by atoms with Crippen molar-refractivity contribution in [3.63, 3.8) is 0 Å². The number of aromatic nitrogens is 1. The van der Waals surface area contributed by atoms with Gasteiger partial charge >= 0.3 is 5.97 Å². The summed E-state index contributed by atoms with van der Waals surface area (Å²) in [6, 6.07) is 9.87. The molecule has 1 aromatic heterocycles. The number of ether oxygens (including phenoxy) is 1. The first-order valence-corrected chi connectivity index (χ1v) is 8.82. The summed E-state index contributed by atoms with van der Waals surface area (Å²) in [6.45, 7) is 9.43. The topological polar surface area (TPSA) is 89.1 Å². The summed E-state index contributed by atoms with van der Waals surface area (Å²) < 4.78 is 4.96. The maximum absolute atomic E-state index is 11.7. The third-order valence-corrected chi connectivity index (χ3v) is 3.96. The summed E-state index contributed by atoms with van der Waals surface area (Å²) in [5.74, 6) is -0.348. The SMILES string of the molecule is CCOC(=O)c1c(C)cc(C(C)=N)nc1C.Cc1ccc(SN)cc1. The Bertz CT molecular complexity index is 720. The van der Waals surface area contributed by atoms with E-state index in [0.29, 0.717) is 29.3 Å². The van der Waals surface area contributed by atoms with E-state index in [-0.39, 0.29) is 5.97 Å². The molecule has 0 aliphatic heterocycles. The first-order chi connectivity index (χ1) is 11.8. The Balaban J connectivity index is 0.000000293. The molecule has 0 unspecified atom stereocenters. The van der Waals surface area contributed by atoms with Crippen LogP contribution in [0.2, 0.25) is 0 Å². The standard InChI is InChI=1S/C12H16N2O2.C7H9NS/c1-5-16-12(15)11-7(2)6-10(8(3)13)14-9(11)4;1-6-2-4-7(9-8)5-3-6/h6,13H,5H2,1-4H3;2-5H,8H2,1H3. The van der Waals surface area contributed by atoms with Gasteiger partial charge in [0.1, 0.15) is 0 Å². The number of hydrogen-bond acceptors (Lipinski definition) is 6. The summed E-state index contributed by atoms with van der Waals surface area (Å²) in [5, 5.41) is 12.8. The number of esters is 1. The minimum Gasteiger partial charge on any atom is -0.462 e. The molecule has 1 heterocycles. The summed E-state index contributed by atoms with van der Waals surface area (Å²) >= 11 is 1.28. The van der Waals surface area contributed by atoms with Crippen molar-refractivity contribution in [3.8, 4) is 0 Å². The highest BCUT2D eigenvalue weighted by molar-refractivity contribution is 7.97. The van der Waals surface area contributed by atoms with Gasteiger partial charge in [0.15, 0.2) is 0 Å². The second-order valence-electron chi connectivity index (χ2n) is 5.56. The molecule has 25 heavy (non-hydrogen) atoms. The van der Waals surface area contributed by atoms with Crippen molar-refractivity contribution in [2.75, 3.05) is 6.61 Å². The lowest BCUT2D eigenvalue weighted by atomic mass is 10.1. The predicted molar refractivity (Wildman–Crippen MR) is 103 cm³/mol. The minimum absolute atomic E-state index is 0.348. The molecule has 0 spiro atoms. The van der Waals surface area contributed by atoms with Gasteiger partial charge in [-0.1, -0.05) is 17.7 Å². The van der Waals surface area contributed by atoms with Gasteiger partial charge in [-0.3, -0.25) is 10.1 Å². The third kappa shape index (κ3) is 6.32. The molecule has 1 aromatic carbocycles. The van der Waals surface area contributed by atoms with Gasteiger partial charge in [0.05, 0.1) is 29.3 Å². The Hall–Kier alpha value is -2.18. The van der Waals surface area contributed by atoms with Crippen LogP contribution >= 0.6 is 11.9 Å². The lowest BCUT2D eigenvalue weighted by Crippen LogP contribution is -2.12. The van der Waals surface area contributed by atoms with Crippen LogP contribution in [0.3, 0.4) is 0 Å². The molecule has 0 radical (unpaired) electrons. The molecule has 2 aromatic rings. The van der Waals surface area contributed by atoms with Crippen molar-refractivity contribution in [2.45, 2.75) is 39.5 Å². The Labute approximate surface area is 153 Å². The maximum Gasteiger partial charge on any atom is 0.340 e. The van der Waals surface area contributed by atoms with Crippen molar-refractivity contribution in [2.24, 2.45) is 5.14 Å². The number of hydrogen-bond donors (Lipinski definition) is 2. The van der Waals surface area contributed by atoms with Gasteiger partial charge in [0, 0.05) is 4.90 Å². The van der Waals surface area contributed by atoms with Gasteiger partial charge in [-0.05, 0) is 70.3 Å². The van der Waals surface area contributed by atoms with Gasteiger partial charge in [0.2, 0.25) is 0 Å². The van der Waals surface area contributed by atoms with Crippen LogP contribution < -0.4 is 5.14 Å². The second-order valence-corrected chi connectivity index (χ2v) is 6.27. The number of pyridine rings is 1. The van der Waals surface area contributed by atoms with Crippen LogP contribution in [0.1, 0.15) is 46.7 Å². The van der Waals surface area contributed by atoms with Gasteiger partial charge in [-0.25, -0.2) is 4.79 Å². The molecule has 0 amide bonds. The van der Waals surface area contributed by atoms with E-state index in [4.69, 9.17) is 15.3 Å². The maximum atomic E-state index is 11.7. The Kier molecular flexibility index (Phi) is 8.31. The average molecular weight is 359 g/mol. The largest absolute Gasteiger partial charge is 0.462 e. The molecule has 0 saturated heterocycles. The number of carbonyl (C=O) groups is 1. The van der Waals surface area contributed by atoms with Crippen LogP contribution in [0.5, 0.6) is 0 Å². The van der Waals surface area contributed by atoms with Crippen molar-refractivity contribution >= 4 is 23.6 Å². The number of nitrogens with one attached hydrogen (secondary N) is 1. The zero-order chi connectivity index (χ0) is 19.0. The Morgan fingerprint density at radius 1 is 1.24 bits per heavy atom. The fourth-order valence-electron chi connectivity index (χ4n) is 2.15. The summed E-state index contributed by atoms with van der Waals surface area (Å²) in [5.41, 5.74) is 4.18. The molecule has 0 aliphatic rings. The highest BCUT2D eigenvalue weighted by Crippen LogP contribution is 2.15. The monoisotopic (exact) mass is 359 g/mol. The van der Waals surface area contributed by atoms with E-state index in [9.17, 15) is 4.79 Å². The fourth-order valence-corrected chi connectivity index (χ4v) is 2.45. The van der Waals surface area contributed by atoms with E-state index in [0.717, 1.165) is 10.5 Å². The molecule has 3 N–H and O–H groups in total. The van der Waals surface area contributed by atoms with E-state index in [1.165, 1.54) is 17.5 Å². The van der Waals surface area contributed by atoms with Crippen LogP contribution in [-0.4, -0.2) is 23.3 Å². The predicted octanol–water partition coefficient (Wildman–Crippen LogP) is 4.22. The van der Waals surface area contributed by atoms with Gasteiger partial charge in [0.25, 0.3) is 0 Å². The second kappa shape index (κ2) is 9.96. The van der Waals surface area contributed by atoms with E-state index in [2.05, 4.69) is 24.0 Å². The average Bonchev–Trinajstić information content (AvgIpc) is 2.55. The molecule has 0 fully saturated rings. The van der Waals surface area contributed by atoms with E-state index < -0.39 is 0 Å². The molecule has 0 saturated carbocycles. The lowest BCUT2D eigenvalue weighted by Gasteiger charge is -2.10. The van der Waals surface area contributed by atoms with Crippen LogP contribution in [0.25, 0.3) is 0 Å². The molecular weight excluding hydrogens is 334 g/mol. The summed E-state index contributed by atoms with van der Waals surface area (Å²) in [7, 11) is 0. The van der Waals surface area contributed by atoms with Gasteiger partial charge in [-0.15, -0.1) is 0 Å². The molecule has 134 valence electrons. The van der Waals surface area contributed by atoms with Crippen LogP contribution in [0.15, 0.2) is 35.2 Å². The molecule has 0 atom stereocenters. The first kappa shape index (κ1) is 20.9.